The quantitative estimate of drug-likeness (QED) is 0.921. The van der Waals surface area contributed by atoms with Crippen LogP contribution in [-0.4, -0.2) is 16.5 Å². The second-order valence-corrected chi connectivity index (χ2v) is 3.83. The number of benzene rings is 1. The Morgan fingerprint density at radius 1 is 1.39 bits per heavy atom. The number of ether oxygens (including phenoxy) is 1. The van der Waals surface area contributed by atoms with Crippen molar-refractivity contribution in [2.45, 2.75) is 6.92 Å². The van der Waals surface area contributed by atoms with Gasteiger partial charge < -0.3 is 10.1 Å². The summed E-state index contributed by atoms with van der Waals surface area (Å²) >= 11 is 5.58. The second-order valence-electron chi connectivity index (χ2n) is 3.43. The minimum Gasteiger partial charge on any atom is -0.439 e. The number of hydrogen-bond acceptors (Lipinski definition) is 4. The van der Waals surface area contributed by atoms with Gasteiger partial charge in [-0.25, -0.2) is 9.37 Å². The molecule has 1 aromatic heterocycles. The molecule has 0 fully saturated rings. The number of rotatable bonds is 4. The van der Waals surface area contributed by atoms with Gasteiger partial charge in [0.25, 0.3) is 0 Å². The Bertz CT molecular complexity index is 551. The van der Waals surface area contributed by atoms with Gasteiger partial charge >= 0.3 is 0 Å². The molecule has 0 bridgehead atoms. The maximum Gasteiger partial charge on any atom is 0.225 e. The van der Waals surface area contributed by atoms with Gasteiger partial charge in [-0.05, 0) is 19.1 Å². The largest absolute Gasteiger partial charge is 0.439 e. The molecule has 18 heavy (non-hydrogen) atoms. The summed E-state index contributed by atoms with van der Waals surface area (Å²) in [4.78, 5) is 8.12. The van der Waals surface area contributed by atoms with Gasteiger partial charge in [0, 0.05) is 24.9 Å². The summed E-state index contributed by atoms with van der Waals surface area (Å²) in [5.74, 6) is 0.597. The van der Waals surface area contributed by atoms with Gasteiger partial charge in [0.15, 0.2) is 0 Å². The van der Waals surface area contributed by atoms with Crippen LogP contribution in [0, 0.1) is 5.82 Å². The van der Waals surface area contributed by atoms with E-state index in [2.05, 4.69) is 15.3 Å². The molecule has 2 rings (SSSR count). The second kappa shape index (κ2) is 5.64. The van der Waals surface area contributed by atoms with Crippen LogP contribution in [0.15, 0.2) is 30.5 Å². The number of nitrogens with zero attached hydrogens (tertiary/aromatic N) is 2. The summed E-state index contributed by atoms with van der Waals surface area (Å²) in [6, 6.07) is 5.80. The zero-order valence-corrected chi connectivity index (χ0v) is 10.4. The first-order valence-corrected chi connectivity index (χ1v) is 5.76. The molecule has 1 aromatic carbocycles. The molecule has 0 aliphatic rings. The molecule has 0 unspecified atom stereocenters. The SMILES string of the molecule is CCNc1nccc(Oc2ccc(Cl)c(F)c2)n1. The first-order valence-electron chi connectivity index (χ1n) is 5.39. The van der Waals surface area contributed by atoms with Gasteiger partial charge in [-0.15, -0.1) is 0 Å². The van der Waals surface area contributed by atoms with Crippen molar-refractivity contribution in [1.29, 1.82) is 0 Å². The highest BCUT2D eigenvalue weighted by Crippen LogP contribution is 2.24. The lowest BCUT2D eigenvalue weighted by atomic mass is 10.3. The van der Waals surface area contributed by atoms with Gasteiger partial charge in [0.2, 0.25) is 11.8 Å². The number of halogens is 2. The molecular formula is C12H11ClFN3O. The topological polar surface area (TPSA) is 47.0 Å². The Labute approximate surface area is 109 Å². The summed E-state index contributed by atoms with van der Waals surface area (Å²) in [6.45, 7) is 2.64. The molecule has 0 aliphatic carbocycles. The van der Waals surface area contributed by atoms with Crippen LogP contribution >= 0.6 is 11.6 Å². The Morgan fingerprint density at radius 2 is 2.22 bits per heavy atom. The van der Waals surface area contributed by atoms with Crippen molar-refractivity contribution >= 4 is 17.5 Å². The van der Waals surface area contributed by atoms with Crippen LogP contribution in [0.3, 0.4) is 0 Å². The molecule has 4 nitrogen and oxygen atoms in total. The maximum absolute atomic E-state index is 13.2. The van der Waals surface area contributed by atoms with E-state index in [9.17, 15) is 4.39 Å². The van der Waals surface area contributed by atoms with E-state index in [1.807, 2.05) is 6.92 Å². The summed E-state index contributed by atoms with van der Waals surface area (Å²) in [5, 5.41) is 3.01. The van der Waals surface area contributed by atoms with E-state index in [1.165, 1.54) is 12.1 Å². The van der Waals surface area contributed by atoms with Crippen LogP contribution in [0.25, 0.3) is 0 Å². The normalized spacial score (nSPS) is 10.2. The minimum absolute atomic E-state index is 0.0541. The third kappa shape index (κ3) is 3.07. The van der Waals surface area contributed by atoms with Gasteiger partial charge in [0.1, 0.15) is 11.6 Å². The number of aromatic nitrogens is 2. The molecule has 0 saturated heterocycles. The molecule has 6 heteroatoms. The van der Waals surface area contributed by atoms with Crippen LogP contribution in [-0.2, 0) is 0 Å². The molecule has 0 radical (unpaired) electrons. The highest BCUT2D eigenvalue weighted by atomic mass is 35.5. The lowest BCUT2D eigenvalue weighted by Gasteiger charge is -2.06. The van der Waals surface area contributed by atoms with Crippen molar-refractivity contribution < 1.29 is 9.13 Å². The van der Waals surface area contributed by atoms with Crippen molar-refractivity contribution in [2.75, 3.05) is 11.9 Å². The van der Waals surface area contributed by atoms with E-state index in [1.54, 1.807) is 18.3 Å². The van der Waals surface area contributed by atoms with Crippen molar-refractivity contribution in [3.63, 3.8) is 0 Å². The van der Waals surface area contributed by atoms with Gasteiger partial charge in [0.05, 0.1) is 5.02 Å². The molecule has 1 N–H and O–H groups in total. The third-order valence-electron chi connectivity index (χ3n) is 2.08. The maximum atomic E-state index is 13.2. The van der Waals surface area contributed by atoms with Crippen molar-refractivity contribution in [2.24, 2.45) is 0 Å². The predicted molar refractivity (Wildman–Crippen MR) is 67.7 cm³/mol. The van der Waals surface area contributed by atoms with E-state index >= 15 is 0 Å². The summed E-state index contributed by atoms with van der Waals surface area (Å²) in [6.07, 6.45) is 1.56. The molecule has 0 spiro atoms. The lowest BCUT2D eigenvalue weighted by molar-refractivity contribution is 0.457. The first kappa shape index (κ1) is 12.6. The van der Waals surface area contributed by atoms with E-state index in [0.717, 1.165) is 0 Å². The van der Waals surface area contributed by atoms with E-state index < -0.39 is 5.82 Å². The Kier molecular flexibility index (Phi) is 3.94. The molecule has 2 aromatic rings. The predicted octanol–water partition coefficient (Wildman–Crippen LogP) is 3.49. The minimum atomic E-state index is -0.532. The lowest BCUT2D eigenvalue weighted by Crippen LogP contribution is -2.02. The monoisotopic (exact) mass is 267 g/mol. The smallest absolute Gasteiger partial charge is 0.225 e. The highest BCUT2D eigenvalue weighted by Gasteiger charge is 2.04. The summed E-state index contributed by atoms with van der Waals surface area (Å²) in [7, 11) is 0. The van der Waals surface area contributed by atoms with Gasteiger partial charge in [-0.3, -0.25) is 0 Å². The average molecular weight is 268 g/mol. The fraction of sp³-hybridized carbons (Fsp3) is 0.167. The molecule has 0 saturated carbocycles. The molecule has 0 amide bonds. The fourth-order valence-corrected chi connectivity index (χ4v) is 1.42. The standard InChI is InChI=1S/C12H11ClFN3O/c1-2-15-12-16-6-5-11(17-12)18-8-3-4-9(13)10(14)7-8/h3-7H,2H2,1H3,(H,15,16,17). The molecule has 94 valence electrons. The van der Waals surface area contributed by atoms with Crippen LogP contribution < -0.4 is 10.1 Å². The zero-order chi connectivity index (χ0) is 13.0. The fourth-order valence-electron chi connectivity index (χ4n) is 1.30. The Morgan fingerprint density at radius 3 is 2.94 bits per heavy atom. The van der Waals surface area contributed by atoms with E-state index in [-0.39, 0.29) is 5.02 Å². The third-order valence-corrected chi connectivity index (χ3v) is 2.38. The average Bonchev–Trinajstić information content (AvgIpc) is 2.35. The van der Waals surface area contributed by atoms with Crippen molar-refractivity contribution in [3.05, 3.63) is 41.3 Å². The van der Waals surface area contributed by atoms with E-state index in [0.29, 0.717) is 24.1 Å². The molecule has 0 atom stereocenters. The van der Waals surface area contributed by atoms with Gasteiger partial charge in [-0.1, -0.05) is 11.6 Å². The van der Waals surface area contributed by atoms with E-state index in [4.69, 9.17) is 16.3 Å². The molecule has 1 heterocycles. The summed E-state index contributed by atoms with van der Waals surface area (Å²) < 4.78 is 18.6. The molecule has 0 aliphatic heterocycles. The molecular weight excluding hydrogens is 257 g/mol. The van der Waals surface area contributed by atoms with Crippen LogP contribution in [0.5, 0.6) is 11.6 Å². The van der Waals surface area contributed by atoms with Crippen LogP contribution in [0.2, 0.25) is 5.02 Å². The van der Waals surface area contributed by atoms with Gasteiger partial charge in [-0.2, -0.15) is 4.98 Å². The van der Waals surface area contributed by atoms with Crippen molar-refractivity contribution in [1.82, 2.24) is 9.97 Å². The Hall–Kier alpha value is -1.88. The number of anilines is 1. The number of hydrogen-bond donors (Lipinski definition) is 1. The Balaban J connectivity index is 2.17. The highest BCUT2D eigenvalue weighted by molar-refractivity contribution is 6.30. The van der Waals surface area contributed by atoms with Crippen LogP contribution in [0.1, 0.15) is 6.92 Å². The van der Waals surface area contributed by atoms with Crippen LogP contribution in [0.4, 0.5) is 10.3 Å². The first-order chi connectivity index (χ1) is 8.69. The summed E-state index contributed by atoms with van der Waals surface area (Å²) in [5.41, 5.74) is 0. The van der Waals surface area contributed by atoms with Crippen molar-refractivity contribution in [3.8, 4) is 11.6 Å². The number of nitrogens with one attached hydrogen (secondary N) is 1. The zero-order valence-electron chi connectivity index (χ0n) is 9.65.